The second kappa shape index (κ2) is 15.2. The molecule has 11 heteroatoms. The number of carbonyl (C=O) groups excluding carboxylic acids is 2. The smallest absolute Gasteiger partial charge is 0.264 e. The van der Waals surface area contributed by atoms with Crippen molar-refractivity contribution in [1.82, 2.24) is 10.2 Å². The van der Waals surface area contributed by atoms with E-state index in [4.69, 9.17) is 23.2 Å². The quantitative estimate of drug-likeness (QED) is 0.178. The number of carbonyl (C=O) groups is 2. The molecule has 4 aromatic rings. The Labute approximate surface area is 267 Å². The summed E-state index contributed by atoms with van der Waals surface area (Å²) < 4.78 is 43.9. The number of anilines is 1. The summed E-state index contributed by atoms with van der Waals surface area (Å²) in [7, 11) is -4.33. The zero-order chi connectivity index (χ0) is 31.7. The third-order valence-electron chi connectivity index (χ3n) is 6.91. The normalized spacial score (nSPS) is 11.9. The third kappa shape index (κ3) is 8.16. The minimum absolute atomic E-state index is 0.00647. The van der Waals surface area contributed by atoms with Crippen LogP contribution < -0.4 is 9.62 Å². The van der Waals surface area contributed by atoms with Crippen LogP contribution in [0.4, 0.5) is 10.1 Å². The standard InChI is InChI=1S/C33H32Cl2FN3O4S/c1-2-19-37-33(41)31(20-24-11-5-3-6-12-24)38(22-25-13-9-10-16-29(25)36)32(40)23-39(30-18-17-26(34)21-28(30)35)44(42,43)27-14-7-4-8-15-27/h3-18,21,31H,2,19-20,22-23H2,1H3,(H,37,41)/t31-/m0/s1. The van der Waals surface area contributed by atoms with E-state index in [9.17, 15) is 22.4 Å². The molecule has 2 amide bonds. The first-order chi connectivity index (χ1) is 21.1. The van der Waals surface area contributed by atoms with Crippen molar-refractivity contribution in [3.8, 4) is 0 Å². The van der Waals surface area contributed by atoms with Gasteiger partial charge >= 0.3 is 0 Å². The minimum atomic E-state index is -4.33. The Hall–Kier alpha value is -3.92. The summed E-state index contributed by atoms with van der Waals surface area (Å²) in [6, 6.07) is 25.8. The van der Waals surface area contributed by atoms with Crippen molar-refractivity contribution in [2.24, 2.45) is 0 Å². The fourth-order valence-corrected chi connectivity index (χ4v) is 6.66. The van der Waals surface area contributed by atoms with Crippen molar-refractivity contribution in [2.45, 2.75) is 37.2 Å². The van der Waals surface area contributed by atoms with Crippen molar-refractivity contribution in [2.75, 3.05) is 17.4 Å². The van der Waals surface area contributed by atoms with Gasteiger partial charge in [0.25, 0.3) is 10.0 Å². The minimum Gasteiger partial charge on any atom is -0.354 e. The lowest BCUT2D eigenvalue weighted by molar-refractivity contribution is -0.140. The maximum Gasteiger partial charge on any atom is 0.264 e. The molecule has 0 unspecified atom stereocenters. The SMILES string of the molecule is CCCNC(=O)[C@H](Cc1ccccc1)N(Cc1ccccc1F)C(=O)CN(c1ccc(Cl)cc1Cl)S(=O)(=O)c1ccccc1. The number of hydrogen-bond acceptors (Lipinski definition) is 4. The molecule has 1 atom stereocenters. The molecule has 0 saturated carbocycles. The van der Waals surface area contributed by atoms with Crippen molar-refractivity contribution in [3.05, 3.63) is 130 Å². The van der Waals surface area contributed by atoms with E-state index >= 15 is 0 Å². The first-order valence-electron chi connectivity index (χ1n) is 14.0. The number of sulfonamides is 1. The van der Waals surface area contributed by atoms with Crippen molar-refractivity contribution in [3.63, 3.8) is 0 Å². The van der Waals surface area contributed by atoms with Gasteiger partial charge in [-0.05, 0) is 48.4 Å². The van der Waals surface area contributed by atoms with E-state index in [-0.39, 0.29) is 39.2 Å². The molecule has 4 aromatic carbocycles. The zero-order valence-electron chi connectivity index (χ0n) is 24.0. The first-order valence-corrected chi connectivity index (χ1v) is 16.2. The van der Waals surface area contributed by atoms with Gasteiger partial charge in [-0.15, -0.1) is 0 Å². The van der Waals surface area contributed by atoms with Gasteiger partial charge in [0, 0.05) is 30.1 Å². The molecule has 0 radical (unpaired) electrons. The number of nitrogens with zero attached hydrogens (tertiary/aromatic N) is 2. The fraction of sp³-hybridized carbons (Fsp3) is 0.212. The molecule has 0 spiro atoms. The van der Waals surface area contributed by atoms with E-state index in [0.717, 1.165) is 9.87 Å². The number of halogens is 3. The van der Waals surface area contributed by atoms with E-state index in [1.54, 1.807) is 24.3 Å². The Morgan fingerprint density at radius 1 is 0.886 bits per heavy atom. The van der Waals surface area contributed by atoms with Gasteiger partial charge in [0.1, 0.15) is 18.4 Å². The second-order valence-corrected chi connectivity index (χ2v) is 12.7. The van der Waals surface area contributed by atoms with Crippen molar-refractivity contribution < 1.29 is 22.4 Å². The van der Waals surface area contributed by atoms with E-state index in [1.807, 2.05) is 37.3 Å². The summed E-state index contributed by atoms with van der Waals surface area (Å²) in [5.41, 5.74) is 0.961. The maximum absolute atomic E-state index is 15.0. The Bertz CT molecular complexity index is 1690. The highest BCUT2D eigenvalue weighted by atomic mass is 35.5. The number of rotatable bonds is 13. The lowest BCUT2D eigenvalue weighted by Crippen LogP contribution is -2.53. The Morgan fingerprint density at radius 2 is 1.52 bits per heavy atom. The van der Waals surface area contributed by atoms with Gasteiger partial charge < -0.3 is 10.2 Å². The summed E-state index contributed by atoms with van der Waals surface area (Å²) in [5, 5.41) is 3.13. The molecule has 0 aliphatic rings. The van der Waals surface area contributed by atoms with Crippen LogP contribution in [0.5, 0.6) is 0 Å². The van der Waals surface area contributed by atoms with Crippen LogP contribution in [0.25, 0.3) is 0 Å². The van der Waals surface area contributed by atoms with Crippen LogP contribution in [-0.2, 0) is 32.6 Å². The molecule has 4 rings (SSSR count). The molecule has 230 valence electrons. The lowest BCUT2D eigenvalue weighted by Gasteiger charge is -2.34. The van der Waals surface area contributed by atoms with Gasteiger partial charge in [0.05, 0.1) is 15.6 Å². The van der Waals surface area contributed by atoms with Crippen LogP contribution in [0.3, 0.4) is 0 Å². The van der Waals surface area contributed by atoms with Gasteiger partial charge in [-0.25, -0.2) is 12.8 Å². The molecule has 44 heavy (non-hydrogen) atoms. The van der Waals surface area contributed by atoms with Crippen LogP contribution in [-0.4, -0.2) is 44.3 Å². The average molecular weight is 657 g/mol. The Kier molecular flexibility index (Phi) is 11.4. The fourth-order valence-electron chi connectivity index (χ4n) is 4.65. The van der Waals surface area contributed by atoms with Gasteiger partial charge in [0.2, 0.25) is 11.8 Å². The maximum atomic E-state index is 15.0. The number of hydrogen-bond donors (Lipinski definition) is 1. The van der Waals surface area contributed by atoms with Crippen molar-refractivity contribution in [1.29, 1.82) is 0 Å². The number of amides is 2. The average Bonchev–Trinajstić information content (AvgIpc) is 3.02. The van der Waals surface area contributed by atoms with Crippen LogP contribution >= 0.6 is 23.2 Å². The molecule has 0 bridgehead atoms. The molecule has 0 aromatic heterocycles. The lowest BCUT2D eigenvalue weighted by atomic mass is 10.0. The second-order valence-electron chi connectivity index (χ2n) is 10.0. The Morgan fingerprint density at radius 3 is 2.16 bits per heavy atom. The highest BCUT2D eigenvalue weighted by Crippen LogP contribution is 2.33. The van der Waals surface area contributed by atoms with Gasteiger partial charge in [-0.3, -0.25) is 13.9 Å². The molecular formula is C33H32Cl2FN3O4S. The molecule has 7 nitrogen and oxygen atoms in total. The van der Waals surface area contributed by atoms with Gasteiger partial charge in [0.15, 0.2) is 0 Å². The van der Waals surface area contributed by atoms with Gasteiger partial charge in [-0.1, -0.05) is 96.9 Å². The number of nitrogens with one attached hydrogen (secondary N) is 1. The zero-order valence-corrected chi connectivity index (χ0v) is 26.3. The third-order valence-corrected chi connectivity index (χ3v) is 9.22. The molecule has 1 N–H and O–H groups in total. The Balaban J connectivity index is 1.82. The largest absolute Gasteiger partial charge is 0.354 e. The first kappa shape index (κ1) is 33.0. The summed E-state index contributed by atoms with van der Waals surface area (Å²) in [6.07, 6.45) is 0.771. The molecular weight excluding hydrogens is 624 g/mol. The predicted octanol–water partition coefficient (Wildman–Crippen LogP) is 6.49. The van der Waals surface area contributed by atoms with Crippen LogP contribution in [0.2, 0.25) is 10.0 Å². The predicted molar refractivity (Wildman–Crippen MR) is 172 cm³/mol. The van der Waals surface area contributed by atoms with E-state index < -0.39 is 40.2 Å². The van der Waals surface area contributed by atoms with Crippen LogP contribution in [0.1, 0.15) is 24.5 Å². The molecule has 0 fully saturated rings. The summed E-state index contributed by atoms with van der Waals surface area (Å²) >= 11 is 12.6. The molecule has 0 aliphatic heterocycles. The van der Waals surface area contributed by atoms with Crippen molar-refractivity contribution >= 4 is 50.7 Å². The number of benzene rings is 4. The van der Waals surface area contributed by atoms with E-state index in [0.29, 0.717) is 13.0 Å². The van der Waals surface area contributed by atoms with Crippen LogP contribution in [0, 0.1) is 5.82 Å². The molecule has 0 saturated heterocycles. The summed E-state index contributed by atoms with van der Waals surface area (Å²) in [5.74, 6) is -1.74. The highest BCUT2D eigenvalue weighted by molar-refractivity contribution is 7.92. The molecule has 0 aliphatic carbocycles. The van der Waals surface area contributed by atoms with Crippen LogP contribution in [0.15, 0.2) is 108 Å². The summed E-state index contributed by atoms with van der Waals surface area (Å²) in [6.45, 7) is 1.26. The topological polar surface area (TPSA) is 86.8 Å². The monoisotopic (exact) mass is 655 g/mol. The molecule has 0 heterocycles. The van der Waals surface area contributed by atoms with E-state index in [1.165, 1.54) is 53.4 Å². The van der Waals surface area contributed by atoms with Gasteiger partial charge in [-0.2, -0.15) is 0 Å². The summed E-state index contributed by atoms with van der Waals surface area (Å²) in [4.78, 5) is 29.1. The van der Waals surface area contributed by atoms with E-state index in [2.05, 4.69) is 5.32 Å². The highest BCUT2D eigenvalue weighted by Gasteiger charge is 2.35.